The zero-order valence-corrected chi connectivity index (χ0v) is 18.5. The first-order chi connectivity index (χ1) is 13.2. The van der Waals surface area contributed by atoms with Crippen LogP contribution in [0.1, 0.15) is 111 Å². The van der Waals surface area contributed by atoms with E-state index in [1.54, 1.807) is 0 Å². The lowest BCUT2D eigenvalue weighted by atomic mass is 10.0. The fourth-order valence-electron chi connectivity index (χ4n) is 4.23. The summed E-state index contributed by atoms with van der Waals surface area (Å²) in [7, 11) is 0. The lowest BCUT2D eigenvalue weighted by molar-refractivity contribution is -0.942. The lowest BCUT2D eigenvalue weighted by Crippen LogP contribution is -2.57. The summed E-state index contributed by atoms with van der Waals surface area (Å²) < 4.78 is 0.674. The molecule has 0 fully saturated rings. The average Bonchev–Trinajstić information content (AvgIpc) is 3.09. The van der Waals surface area contributed by atoms with E-state index in [-0.39, 0.29) is 6.23 Å². The van der Waals surface area contributed by atoms with Crippen molar-refractivity contribution in [3.8, 4) is 0 Å². The van der Waals surface area contributed by atoms with Crippen molar-refractivity contribution in [1.29, 1.82) is 0 Å². The molecule has 3 unspecified atom stereocenters. The molecule has 1 aliphatic heterocycles. The zero-order valence-electron chi connectivity index (χ0n) is 18.5. The molecule has 27 heavy (non-hydrogen) atoms. The van der Waals surface area contributed by atoms with Crippen molar-refractivity contribution in [3.05, 3.63) is 24.6 Å². The molecule has 158 valence electrons. The molecule has 1 rings (SSSR count). The van der Waals surface area contributed by atoms with E-state index >= 15 is 0 Å². The zero-order chi connectivity index (χ0) is 19.8. The van der Waals surface area contributed by atoms with E-state index < -0.39 is 0 Å². The molecule has 3 nitrogen and oxygen atoms in total. The van der Waals surface area contributed by atoms with Gasteiger partial charge in [0.25, 0.3) is 0 Å². The van der Waals surface area contributed by atoms with E-state index in [1.807, 2.05) is 13.1 Å². The molecule has 0 bridgehead atoms. The molecular weight excluding hydrogens is 332 g/mol. The summed E-state index contributed by atoms with van der Waals surface area (Å²) in [5.74, 6) is 0. The van der Waals surface area contributed by atoms with Gasteiger partial charge in [0.1, 0.15) is 6.20 Å². The summed E-state index contributed by atoms with van der Waals surface area (Å²) in [6, 6.07) is 0. The van der Waals surface area contributed by atoms with Crippen LogP contribution in [0.3, 0.4) is 0 Å². The van der Waals surface area contributed by atoms with Crippen molar-refractivity contribution in [3.63, 3.8) is 0 Å². The van der Waals surface area contributed by atoms with E-state index in [9.17, 15) is 5.11 Å². The van der Waals surface area contributed by atoms with Crippen molar-refractivity contribution in [1.82, 2.24) is 5.32 Å². The number of hydrogen-bond donors (Lipinski definition) is 2. The minimum atomic E-state index is -0.335. The summed E-state index contributed by atoms with van der Waals surface area (Å²) in [5.41, 5.74) is 0. The number of aliphatic hydroxyl groups is 1. The Morgan fingerprint density at radius 3 is 2.00 bits per heavy atom. The highest BCUT2D eigenvalue weighted by atomic mass is 16.3. The topological polar surface area (TPSA) is 32.3 Å². The molecule has 3 atom stereocenters. The molecule has 1 heterocycles. The quantitative estimate of drug-likeness (QED) is 0.169. The maximum absolute atomic E-state index is 10.2. The molecular formula is C24H47N2O+. The van der Waals surface area contributed by atoms with E-state index in [0.29, 0.717) is 10.6 Å². The van der Waals surface area contributed by atoms with Gasteiger partial charge in [-0.15, -0.1) is 0 Å². The van der Waals surface area contributed by atoms with Gasteiger partial charge in [0.2, 0.25) is 0 Å². The summed E-state index contributed by atoms with van der Waals surface area (Å²) in [6.45, 7) is 7.28. The number of hydrogen-bond acceptors (Lipinski definition) is 2. The highest BCUT2D eigenvalue weighted by molar-refractivity contribution is 4.84. The highest BCUT2D eigenvalue weighted by Crippen LogP contribution is 2.25. The second-order valence-corrected chi connectivity index (χ2v) is 8.31. The number of quaternary nitrogens is 1. The predicted molar refractivity (Wildman–Crippen MR) is 118 cm³/mol. The largest absolute Gasteiger partial charge is 0.345 e. The minimum absolute atomic E-state index is 0.335. The van der Waals surface area contributed by atoms with Crippen LogP contribution in [0.2, 0.25) is 0 Å². The van der Waals surface area contributed by atoms with E-state index in [1.165, 1.54) is 83.5 Å². The van der Waals surface area contributed by atoms with Crippen molar-refractivity contribution < 1.29 is 9.59 Å². The summed E-state index contributed by atoms with van der Waals surface area (Å²) in [6.07, 6.45) is 27.6. The molecule has 0 saturated heterocycles. The molecule has 0 aliphatic carbocycles. The third kappa shape index (κ3) is 9.30. The molecule has 1 aliphatic rings. The minimum Gasteiger partial charge on any atom is -0.345 e. The van der Waals surface area contributed by atoms with Gasteiger partial charge in [-0.2, -0.15) is 0 Å². The Labute approximate surface area is 169 Å². The number of allylic oxidation sites excluding steroid dienone is 2. The second-order valence-electron chi connectivity index (χ2n) is 8.31. The second kappa shape index (κ2) is 15.2. The smallest absolute Gasteiger partial charge is 0.193 e. The van der Waals surface area contributed by atoms with Gasteiger partial charge in [-0.05, 0) is 32.6 Å². The first kappa shape index (κ1) is 24.2. The molecule has 0 aromatic rings. The molecule has 2 N–H and O–H groups in total. The number of nitrogens with zero attached hydrogens (tertiary/aromatic N) is 1. The lowest BCUT2D eigenvalue weighted by Gasteiger charge is -2.39. The molecule has 0 radical (unpaired) electrons. The third-order valence-electron chi connectivity index (χ3n) is 6.20. The fraction of sp³-hybridized carbons (Fsp3) is 0.833. The van der Waals surface area contributed by atoms with Gasteiger partial charge >= 0.3 is 0 Å². The van der Waals surface area contributed by atoms with Gasteiger partial charge in [0.05, 0.1) is 12.7 Å². The third-order valence-corrected chi connectivity index (χ3v) is 6.20. The Bertz CT molecular complexity index is 405. The average molecular weight is 380 g/mol. The Balaban J connectivity index is 1.92. The molecule has 0 saturated carbocycles. The summed E-state index contributed by atoms with van der Waals surface area (Å²) in [5, 5.41) is 13.6. The Morgan fingerprint density at radius 1 is 0.889 bits per heavy atom. The van der Waals surface area contributed by atoms with E-state index in [2.05, 4.69) is 37.5 Å². The van der Waals surface area contributed by atoms with Crippen LogP contribution in [-0.2, 0) is 0 Å². The molecule has 0 spiro atoms. The van der Waals surface area contributed by atoms with Crippen LogP contribution in [0.15, 0.2) is 24.6 Å². The van der Waals surface area contributed by atoms with Crippen molar-refractivity contribution in [2.75, 3.05) is 6.54 Å². The van der Waals surface area contributed by atoms with Crippen molar-refractivity contribution in [2.24, 2.45) is 0 Å². The van der Waals surface area contributed by atoms with Crippen LogP contribution in [0.5, 0.6) is 0 Å². The number of rotatable bonds is 17. The van der Waals surface area contributed by atoms with Gasteiger partial charge in [-0.25, -0.2) is 0 Å². The molecule has 0 aromatic heterocycles. The van der Waals surface area contributed by atoms with Crippen LogP contribution in [-0.4, -0.2) is 28.5 Å². The predicted octanol–water partition coefficient (Wildman–Crippen LogP) is 6.60. The van der Waals surface area contributed by atoms with Crippen molar-refractivity contribution in [2.45, 2.75) is 123 Å². The first-order valence-electron chi connectivity index (χ1n) is 11.8. The Hall–Kier alpha value is -0.800. The van der Waals surface area contributed by atoms with Crippen LogP contribution >= 0.6 is 0 Å². The Morgan fingerprint density at radius 2 is 1.44 bits per heavy atom. The maximum Gasteiger partial charge on any atom is 0.193 e. The highest BCUT2D eigenvalue weighted by Gasteiger charge is 2.40. The first-order valence-corrected chi connectivity index (χ1v) is 11.8. The van der Waals surface area contributed by atoms with Crippen LogP contribution < -0.4 is 5.32 Å². The van der Waals surface area contributed by atoms with E-state index in [0.717, 1.165) is 13.0 Å². The standard InChI is InChI=1S/C24H47N2O/c1-4-6-7-8-9-10-11-12-13-14-15-16-17-18-19-20-24-25-21-22-26(24,5-2)23(3)27/h8-9,21-25,27H,4-7,10-20H2,1-3H3/q+1/b9-8+. The summed E-state index contributed by atoms with van der Waals surface area (Å²) >= 11 is 0. The van der Waals surface area contributed by atoms with Crippen LogP contribution in [0.25, 0.3) is 0 Å². The van der Waals surface area contributed by atoms with Crippen molar-refractivity contribution >= 4 is 0 Å². The van der Waals surface area contributed by atoms with Gasteiger partial charge in [0.15, 0.2) is 12.4 Å². The van der Waals surface area contributed by atoms with E-state index in [4.69, 9.17) is 0 Å². The van der Waals surface area contributed by atoms with Gasteiger partial charge in [-0.3, -0.25) is 4.48 Å². The molecule has 3 heteroatoms. The SMILES string of the molecule is CCCC/C=C/CCCCCCCCCCCC1NC=C[N+]1(CC)C(C)O. The van der Waals surface area contributed by atoms with Gasteiger partial charge in [0, 0.05) is 13.3 Å². The van der Waals surface area contributed by atoms with Crippen LogP contribution in [0, 0.1) is 0 Å². The number of aliphatic hydroxyl groups excluding tert-OH is 1. The Kier molecular flexibility index (Phi) is 13.6. The van der Waals surface area contributed by atoms with Gasteiger partial charge < -0.3 is 10.4 Å². The fourth-order valence-corrected chi connectivity index (χ4v) is 4.23. The maximum atomic E-state index is 10.2. The molecule has 0 amide bonds. The number of nitrogens with one attached hydrogen (secondary N) is 1. The summed E-state index contributed by atoms with van der Waals surface area (Å²) in [4.78, 5) is 0. The monoisotopic (exact) mass is 379 g/mol. The van der Waals surface area contributed by atoms with Gasteiger partial charge in [-0.1, -0.05) is 76.9 Å². The number of unbranched alkanes of at least 4 members (excludes halogenated alkanes) is 11. The normalized spacial score (nSPS) is 23.2. The molecule has 0 aromatic carbocycles. The van der Waals surface area contributed by atoms with Crippen LogP contribution in [0.4, 0.5) is 0 Å².